The van der Waals surface area contributed by atoms with Crippen molar-refractivity contribution < 1.29 is 18.4 Å². The fourth-order valence-corrected chi connectivity index (χ4v) is 4.11. The third-order valence-electron chi connectivity index (χ3n) is 6.12. The third kappa shape index (κ3) is 7.38. The summed E-state index contributed by atoms with van der Waals surface area (Å²) in [6.07, 6.45) is 11.2. The van der Waals surface area contributed by atoms with Crippen molar-refractivity contribution in [3.63, 3.8) is 0 Å². The number of carbonyl (C=O) groups is 2. The Balaban J connectivity index is 0.000000279. The highest BCUT2D eigenvalue weighted by molar-refractivity contribution is 6.21. The van der Waals surface area contributed by atoms with Gasteiger partial charge in [-0.25, -0.2) is 19.9 Å². The van der Waals surface area contributed by atoms with E-state index in [2.05, 4.69) is 24.9 Å². The highest BCUT2D eigenvalue weighted by atomic mass is 35.5. The molecule has 0 aliphatic carbocycles. The molecule has 0 fully saturated rings. The van der Waals surface area contributed by atoms with Gasteiger partial charge in [0.2, 0.25) is 11.9 Å². The summed E-state index contributed by atoms with van der Waals surface area (Å²) in [5.74, 6) is -1.43. The van der Waals surface area contributed by atoms with Crippen molar-refractivity contribution >= 4 is 36.6 Å². The van der Waals surface area contributed by atoms with Crippen LogP contribution >= 0.6 is 24.8 Å². The molecule has 4 aromatic heterocycles. The maximum atomic E-state index is 12.9. The molecule has 5 aromatic rings. The number of imide groups is 1. The van der Waals surface area contributed by atoms with E-state index in [0.29, 0.717) is 30.6 Å². The van der Waals surface area contributed by atoms with Crippen LogP contribution in [0.4, 0.5) is 8.78 Å². The molecule has 6 rings (SSSR count). The Morgan fingerprint density at radius 3 is 1.90 bits per heavy atom. The zero-order valence-corrected chi connectivity index (χ0v) is 23.1. The van der Waals surface area contributed by atoms with Gasteiger partial charge in [-0.2, -0.15) is 8.78 Å². The highest BCUT2D eigenvalue weighted by Crippen LogP contribution is 2.23. The first-order chi connectivity index (χ1) is 19.0. The molecule has 0 saturated heterocycles. The molecule has 13 heteroatoms. The highest BCUT2D eigenvalue weighted by Gasteiger charge is 2.34. The van der Waals surface area contributed by atoms with Gasteiger partial charge in [-0.3, -0.25) is 14.5 Å². The van der Waals surface area contributed by atoms with Crippen molar-refractivity contribution in [2.24, 2.45) is 0 Å². The van der Waals surface area contributed by atoms with Crippen LogP contribution in [0, 0.1) is 11.9 Å². The molecule has 9 nitrogen and oxygen atoms in total. The van der Waals surface area contributed by atoms with Crippen molar-refractivity contribution in [2.45, 2.75) is 19.4 Å². The lowest BCUT2D eigenvalue weighted by Gasteiger charge is -2.13. The van der Waals surface area contributed by atoms with E-state index in [1.54, 1.807) is 55.2 Å². The predicted molar refractivity (Wildman–Crippen MR) is 153 cm³/mol. The minimum Gasteiger partial charge on any atom is -0.345 e. The van der Waals surface area contributed by atoms with E-state index in [1.807, 2.05) is 10.8 Å². The number of H-pyrrole nitrogens is 1. The van der Waals surface area contributed by atoms with Crippen LogP contribution in [-0.4, -0.2) is 52.7 Å². The van der Waals surface area contributed by atoms with Crippen molar-refractivity contribution in [1.82, 2.24) is 34.4 Å². The number of unbranched alkanes of at least 4 members (excludes halogenated alkanes) is 1. The number of nitrogens with zero attached hydrogens (tertiary/aromatic N) is 6. The SMILES string of the molecule is Cl.Cl.Fc1ccc(-c2cnc[nH]2)cn1.O=C1c2ccccc2C(=O)N1CCCCn1cnc(-c2ccc(F)nc2)c1. The molecule has 0 spiro atoms. The zero-order chi connectivity index (χ0) is 27.2. The number of aromatic amines is 1. The molecule has 2 amide bonds. The summed E-state index contributed by atoms with van der Waals surface area (Å²) in [5, 5.41) is 0. The maximum Gasteiger partial charge on any atom is 0.261 e. The van der Waals surface area contributed by atoms with E-state index in [-0.39, 0.29) is 36.6 Å². The first kappa shape index (κ1) is 31.1. The number of halogens is 4. The van der Waals surface area contributed by atoms with Crippen LogP contribution in [0.1, 0.15) is 33.6 Å². The van der Waals surface area contributed by atoms with Gasteiger partial charge in [-0.15, -0.1) is 24.8 Å². The minimum absolute atomic E-state index is 0. The van der Waals surface area contributed by atoms with Gasteiger partial charge >= 0.3 is 0 Å². The molecule has 0 atom stereocenters. The molecule has 1 aliphatic heterocycles. The summed E-state index contributed by atoms with van der Waals surface area (Å²) in [7, 11) is 0. The van der Waals surface area contributed by atoms with E-state index in [4.69, 9.17) is 0 Å². The molecular formula is C28H25Cl2F2N7O2. The fourth-order valence-electron chi connectivity index (χ4n) is 4.11. The second-order valence-electron chi connectivity index (χ2n) is 8.72. The van der Waals surface area contributed by atoms with Gasteiger partial charge in [0.1, 0.15) is 0 Å². The Labute approximate surface area is 246 Å². The standard InChI is InChI=1S/C20H17FN4O2.C8H6FN3.2ClH/c21-18-8-7-14(11-22-18)17-12-24(13-23-17)9-3-4-10-25-19(26)15-5-1-2-6-16(15)20(25)27;9-8-2-1-6(3-11-8)7-4-10-5-12-7;;/h1-2,5-8,11-13H,3-4,9-10H2;1-5H,(H,10,12);2*1H. The molecular weight excluding hydrogens is 575 g/mol. The summed E-state index contributed by atoms with van der Waals surface area (Å²) in [4.78, 5) is 44.1. The molecule has 0 radical (unpaired) electrons. The number of pyridine rings is 2. The lowest BCUT2D eigenvalue weighted by Crippen LogP contribution is -2.30. The second-order valence-corrected chi connectivity index (χ2v) is 8.72. The molecule has 0 bridgehead atoms. The molecule has 5 heterocycles. The van der Waals surface area contributed by atoms with E-state index >= 15 is 0 Å². The maximum absolute atomic E-state index is 12.9. The number of benzene rings is 1. The number of nitrogens with one attached hydrogen (secondary N) is 1. The smallest absolute Gasteiger partial charge is 0.261 e. The number of rotatable bonds is 7. The van der Waals surface area contributed by atoms with Gasteiger partial charge < -0.3 is 9.55 Å². The number of hydrogen-bond donors (Lipinski definition) is 1. The second kappa shape index (κ2) is 14.2. The molecule has 1 aliphatic rings. The number of imidazole rings is 2. The van der Waals surface area contributed by atoms with Crippen molar-refractivity contribution in [3.05, 3.63) is 109 Å². The monoisotopic (exact) mass is 599 g/mol. The molecule has 212 valence electrons. The van der Waals surface area contributed by atoms with Gasteiger partial charge in [0.05, 0.1) is 41.4 Å². The van der Waals surface area contributed by atoms with Crippen molar-refractivity contribution in [1.29, 1.82) is 0 Å². The number of carbonyl (C=O) groups excluding carboxylic acids is 2. The lowest BCUT2D eigenvalue weighted by atomic mass is 10.1. The molecule has 1 N–H and O–H groups in total. The summed E-state index contributed by atoms with van der Waals surface area (Å²) in [6.45, 7) is 1.11. The van der Waals surface area contributed by atoms with Crippen LogP contribution in [-0.2, 0) is 6.54 Å². The van der Waals surface area contributed by atoms with Crippen LogP contribution in [0.5, 0.6) is 0 Å². The van der Waals surface area contributed by atoms with Gasteiger partial charge in [0.25, 0.3) is 11.8 Å². The van der Waals surface area contributed by atoms with E-state index in [1.165, 1.54) is 29.4 Å². The quantitative estimate of drug-likeness (QED) is 0.148. The predicted octanol–water partition coefficient (Wildman–Crippen LogP) is 5.62. The zero-order valence-electron chi connectivity index (χ0n) is 21.5. The molecule has 41 heavy (non-hydrogen) atoms. The number of amides is 2. The van der Waals surface area contributed by atoms with Crippen LogP contribution in [0.15, 0.2) is 86.0 Å². The molecule has 0 saturated carbocycles. The van der Waals surface area contributed by atoms with Crippen LogP contribution in [0.3, 0.4) is 0 Å². The van der Waals surface area contributed by atoms with Gasteiger partial charge in [-0.1, -0.05) is 12.1 Å². The Bertz CT molecular complexity index is 1540. The van der Waals surface area contributed by atoms with Crippen LogP contribution in [0.25, 0.3) is 22.5 Å². The van der Waals surface area contributed by atoms with Crippen molar-refractivity contribution in [3.8, 4) is 22.5 Å². The average Bonchev–Trinajstić information content (AvgIpc) is 3.71. The lowest BCUT2D eigenvalue weighted by molar-refractivity contribution is 0.0651. The first-order valence-electron chi connectivity index (χ1n) is 12.2. The summed E-state index contributed by atoms with van der Waals surface area (Å²) in [5.41, 5.74) is 4.10. The Morgan fingerprint density at radius 2 is 1.34 bits per heavy atom. The molecule has 0 unspecified atom stereocenters. The normalized spacial score (nSPS) is 11.7. The summed E-state index contributed by atoms with van der Waals surface area (Å²) < 4.78 is 27.2. The van der Waals surface area contributed by atoms with Crippen LogP contribution in [0.2, 0.25) is 0 Å². The topological polar surface area (TPSA) is 110 Å². The molecule has 1 aromatic carbocycles. The summed E-state index contributed by atoms with van der Waals surface area (Å²) in [6, 6.07) is 12.8. The first-order valence-corrected chi connectivity index (χ1v) is 12.2. The van der Waals surface area contributed by atoms with E-state index < -0.39 is 11.9 Å². The minimum atomic E-state index is -0.522. The Hall–Kier alpha value is -4.48. The Kier molecular flexibility index (Phi) is 10.8. The summed E-state index contributed by atoms with van der Waals surface area (Å²) >= 11 is 0. The van der Waals surface area contributed by atoms with Gasteiger partial charge in [-0.05, 0) is 49.2 Å². The average molecular weight is 600 g/mol. The van der Waals surface area contributed by atoms with Crippen molar-refractivity contribution in [2.75, 3.05) is 6.54 Å². The van der Waals surface area contributed by atoms with Crippen LogP contribution < -0.4 is 0 Å². The third-order valence-corrected chi connectivity index (χ3v) is 6.12. The van der Waals surface area contributed by atoms with E-state index in [9.17, 15) is 18.4 Å². The number of fused-ring (bicyclic) bond motifs is 1. The largest absolute Gasteiger partial charge is 0.345 e. The van der Waals surface area contributed by atoms with E-state index in [0.717, 1.165) is 28.9 Å². The number of hydrogen-bond acceptors (Lipinski definition) is 6. The van der Waals surface area contributed by atoms with Gasteiger partial charge in [0.15, 0.2) is 0 Å². The van der Waals surface area contributed by atoms with Gasteiger partial charge in [0, 0.05) is 42.8 Å². The Morgan fingerprint density at radius 1 is 0.732 bits per heavy atom. The fraction of sp³-hybridized carbons (Fsp3) is 0.143. The number of aromatic nitrogens is 6. The number of aryl methyl sites for hydroxylation is 1.